The molecule has 29 heavy (non-hydrogen) atoms. The first-order valence-corrected chi connectivity index (χ1v) is 9.38. The molecular weight excluding hydrogens is 372 g/mol. The predicted octanol–water partition coefficient (Wildman–Crippen LogP) is 3.99. The summed E-state index contributed by atoms with van der Waals surface area (Å²) in [6.07, 6.45) is 0.927. The Kier molecular flexibility index (Phi) is 7.88. The molecule has 0 aromatic heterocycles. The average Bonchev–Trinajstić information content (AvgIpc) is 2.72. The van der Waals surface area contributed by atoms with Crippen LogP contribution >= 0.6 is 0 Å². The zero-order valence-electron chi connectivity index (χ0n) is 17.5. The molecule has 2 rings (SSSR count). The molecule has 0 aliphatic heterocycles. The number of ether oxygens (including phenoxy) is 3. The Morgan fingerprint density at radius 2 is 1.86 bits per heavy atom. The van der Waals surface area contributed by atoms with Crippen LogP contribution in [0.3, 0.4) is 0 Å². The lowest BCUT2D eigenvalue weighted by Gasteiger charge is -2.13. The van der Waals surface area contributed by atoms with Gasteiger partial charge in [-0.3, -0.25) is 4.79 Å². The Labute approximate surface area is 171 Å². The second kappa shape index (κ2) is 10.4. The molecule has 1 amide bonds. The Morgan fingerprint density at radius 1 is 1.10 bits per heavy atom. The van der Waals surface area contributed by atoms with Crippen molar-refractivity contribution in [1.29, 1.82) is 0 Å². The number of rotatable bonds is 9. The zero-order valence-corrected chi connectivity index (χ0v) is 17.5. The van der Waals surface area contributed by atoms with Crippen LogP contribution in [0.25, 0.3) is 0 Å². The Bertz CT molecular complexity index is 878. The minimum absolute atomic E-state index is 0.0471. The summed E-state index contributed by atoms with van der Waals surface area (Å²) in [6, 6.07) is 9.76. The number of phenolic OH excluding ortho intramolecular Hbond substituents is 1. The van der Waals surface area contributed by atoms with Crippen molar-refractivity contribution in [1.82, 2.24) is 5.43 Å². The summed E-state index contributed by atoms with van der Waals surface area (Å²) in [6.45, 7) is 6.51. The fourth-order valence-corrected chi connectivity index (χ4v) is 2.52. The molecule has 2 aromatic rings. The van der Waals surface area contributed by atoms with Gasteiger partial charge < -0.3 is 19.3 Å². The summed E-state index contributed by atoms with van der Waals surface area (Å²) in [5.74, 6) is 1.83. The van der Waals surface area contributed by atoms with E-state index in [4.69, 9.17) is 14.2 Å². The smallest absolute Gasteiger partial charge is 0.271 e. The van der Waals surface area contributed by atoms with E-state index in [0.717, 1.165) is 6.42 Å². The van der Waals surface area contributed by atoms with Gasteiger partial charge in [0.05, 0.1) is 26.5 Å². The molecule has 7 nitrogen and oxygen atoms in total. The summed E-state index contributed by atoms with van der Waals surface area (Å²) < 4.78 is 16.2. The first kappa shape index (κ1) is 22.1. The lowest BCUT2D eigenvalue weighted by Crippen LogP contribution is -2.19. The van der Waals surface area contributed by atoms with Crippen molar-refractivity contribution in [3.8, 4) is 23.0 Å². The van der Waals surface area contributed by atoms with Crippen molar-refractivity contribution in [2.75, 3.05) is 20.8 Å². The molecule has 0 unspecified atom stereocenters. The molecule has 0 atom stereocenters. The number of amides is 1. The number of methoxy groups -OCH3 is 2. The van der Waals surface area contributed by atoms with Crippen LogP contribution < -0.4 is 19.6 Å². The minimum Gasteiger partial charge on any atom is -0.507 e. The molecule has 0 heterocycles. The number of nitrogens with one attached hydrogen (secondary N) is 1. The van der Waals surface area contributed by atoms with Gasteiger partial charge in [0.1, 0.15) is 11.5 Å². The van der Waals surface area contributed by atoms with Gasteiger partial charge in [0.15, 0.2) is 11.5 Å². The molecular formula is C22H28N2O5. The maximum Gasteiger partial charge on any atom is 0.271 e. The molecule has 2 aromatic carbocycles. The molecule has 0 aliphatic carbocycles. The number of benzene rings is 2. The molecule has 7 heteroatoms. The van der Waals surface area contributed by atoms with Crippen LogP contribution in [-0.2, 0) is 0 Å². The second-order valence-electron chi connectivity index (χ2n) is 6.92. The van der Waals surface area contributed by atoms with Gasteiger partial charge in [-0.15, -0.1) is 0 Å². The van der Waals surface area contributed by atoms with E-state index in [0.29, 0.717) is 46.6 Å². The van der Waals surface area contributed by atoms with Crippen LogP contribution in [0.5, 0.6) is 23.0 Å². The lowest BCUT2D eigenvalue weighted by molar-refractivity contribution is 0.0954. The Hall–Kier alpha value is -3.22. The molecule has 156 valence electrons. The van der Waals surface area contributed by atoms with E-state index in [1.54, 1.807) is 37.3 Å². The van der Waals surface area contributed by atoms with Gasteiger partial charge in [0, 0.05) is 11.1 Å². The van der Waals surface area contributed by atoms with Crippen molar-refractivity contribution < 1.29 is 24.1 Å². The molecule has 0 saturated carbocycles. The number of aromatic hydroxyl groups is 1. The summed E-state index contributed by atoms with van der Waals surface area (Å²) in [5.41, 5.74) is 3.78. The lowest BCUT2D eigenvalue weighted by atomic mass is 10.1. The van der Waals surface area contributed by atoms with E-state index >= 15 is 0 Å². The highest BCUT2D eigenvalue weighted by Crippen LogP contribution is 2.28. The van der Waals surface area contributed by atoms with Crippen LogP contribution in [0.1, 0.15) is 43.1 Å². The third-order valence-corrected chi connectivity index (χ3v) is 4.30. The van der Waals surface area contributed by atoms with E-state index < -0.39 is 5.91 Å². The van der Waals surface area contributed by atoms with Crippen molar-refractivity contribution >= 4 is 11.6 Å². The first-order chi connectivity index (χ1) is 13.8. The maximum absolute atomic E-state index is 12.5. The Morgan fingerprint density at radius 3 is 2.52 bits per heavy atom. The maximum atomic E-state index is 12.5. The SMILES string of the molecule is COc1ccc(O)c(C(C)=NNC(=O)c2ccc(OCCC(C)C)c(OC)c2)c1. The average molecular weight is 400 g/mol. The van der Waals surface area contributed by atoms with Gasteiger partial charge in [0.25, 0.3) is 5.91 Å². The molecule has 2 N–H and O–H groups in total. The number of carbonyl (C=O) groups is 1. The number of nitrogens with zero attached hydrogens (tertiary/aromatic N) is 1. The van der Waals surface area contributed by atoms with E-state index in [-0.39, 0.29) is 5.75 Å². The number of hydrazone groups is 1. The van der Waals surface area contributed by atoms with Gasteiger partial charge >= 0.3 is 0 Å². The van der Waals surface area contributed by atoms with Crippen LogP contribution in [0, 0.1) is 5.92 Å². The summed E-state index contributed by atoms with van der Waals surface area (Å²) in [5, 5.41) is 14.1. The van der Waals surface area contributed by atoms with Crippen molar-refractivity contribution in [2.24, 2.45) is 11.0 Å². The van der Waals surface area contributed by atoms with E-state index in [2.05, 4.69) is 24.4 Å². The molecule has 0 spiro atoms. The fourth-order valence-electron chi connectivity index (χ4n) is 2.52. The highest BCUT2D eigenvalue weighted by atomic mass is 16.5. The van der Waals surface area contributed by atoms with E-state index in [1.165, 1.54) is 20.3 Å². The van der Waals surface area contributed by atoms with Gasteiger partial charge in [-0.2, -0.15) is 5.10 Å². The fraction of sp³-hybridized carbons (Fsp3) is 0.364. The predicted molar refractivity (Wildman–Crippen MR) is 112 cm³/mol. The molecule has 0 radical (unpaired) electrons. The highest BCUT2D eigenvalue weighted by molar-refractivity contribution is 6.03. The third-order valence-electron chi connectivity index (χ3n) is 4.30. The van der Waals surface area contributed by atoms with Crippen molar-refractivity contribution in [2.45, 2.75) is 27.2 Å². The zero-order chi connectivity index (χ0) is 21.4. The van der Waals surface area contributed by atoms with Crippen LogP contribution in [0.2, 0.25) is 0 Å². The molecule has 0 fully saturated rings. The van der Waals surface area contributed by atoms with Crippen molar-refractivity contribution in [3.63, 3.8) is 0 Å². The summed E-state index contributed by atoms with van der Waals surface area (Å²) in [7, 11) is 3.06. The van der Waals surface area contributed by atoms with Gasteiger partial charge in [-0.25, -0.2) is 5.43 Å². The molecule has 0 bridgehead atoms. The minimum atomic E-state index is -0.404. The summed E-state index contributed by atoms with van der Waals surface area (Å²) >= 11 is 0. The van der Waals surface area contributed by atoms with Crippen LogP contribution in [0.4, 0.5) is 0 Å². The quantitative estimate of drug-likeness (QED) is 0.491. The standard InChI is InChI=1S/C22H28N2O5/c1-14(2)10-11-29-20-9-6-16(12-21(20)28-5)22(26)24-23-15(3)18-13-17(27-4)7-8-19(18)25/h6-9,12-14,25H,10-11H2,1-5H3,(H,24,26). The topological polar surface area (TPSA) is 89.4 Å². The highest BCUT2D eigenvalue weighted by Gasteiger charge is 2.12. The Balaban J connectivity index is 2.11. The van der Waals surface area contributed by atoms with Crippen molar-refractivity contribution in [3.05, 3.63) is 47.5 Å². The first-order valence-electron chi connectivity index (χ1n) is 9.38. The van der Waals surface area contributed by atoms with Gasteiger partial charge in [-0.1, -0.05) is 13.8 Å². The normalized spacial score (nSPS) is 11.3. The molecule has 0 saturated heterocycles. The van der Waals surface area contributed by atoms with E-state index in [1.807, 2.05) is 0 Å². The monoisotopic (exact) mass is 400 g/mol. The number of phenols is 1. The number of carbonyl (C=O) groups excluding carboxylic acids is 1. The number of hydrogen-bond acceptors (Lipinski definition) is 6. The largest absolute Gasteiger partial charge is 0.507 e. The summed E-state index contributed by atoms with van der Waals surface area (Å²) in [4.78, 5) is 12.5. The molecule has 0 aliphatic rings. The van der Waals surface area contributed by atoms with Gasteiger partial charge in [-0.05, 0) is 55.7 Å². The van der Waals surface area contributed by atoms with E-state index in [9.17, 15) is 9.90 Å². The number of hydrogen-bond donors (Lipinski definition) is 2. The second-order valence-corrected chi connectivity index (χ2v) is 6.92. The third kappa shape index (κ3) is 6.14. The van der Waals surface area contributed by atoms with Crippen LogP contribution in [-0.4, -0.2) is 37.6 Å². The van der Waals surface area contributed by atoms with Crippen LogP contribution in [0.15, 0.2) is 41.5 Å². The van der Waals surface area contributed by atoms with Gasteiger partial charge in [0.2, 0.25) is 0 Å².